The molecule has 0 aliphatic heterocycles. The van der Waals surface area contributed by atoms with Gasteiger partial charge in [0.2, 0.25) is 0 Å². The van der Waals surface area contributed by atoms with E-state index in [2.05, 4.69) is 12.1 Å². The quantitative estimate of drug-likeness (QED) is 0.478. The number of pyridine rings is 1. The molecule has 0 saturated heterocycles. The molecule has 0 fully saturated rings. The van der Waals surface area contributed by atoms with E-state index in [0.29, 0.717) is 5.56 Å². The highest BCUT2D eigenvalue weighted by Gasteiger charge is 2.17. The molecule has 0 N–H and O–H groups in total. The Morgan fingerprint density at radius 2 is 1.32 bits per heavy atom. The summed E-state index contributed by atoms with van der Waals surface area (Å²) in [5, 5.41) is 0. The summed E-state index contributed by atoms with van der Waals surface area (Å²) >= 11 is 0. The van der Waals surface area contributed by atoms with Gasteiger partial charge in [-0.25, -0.2) is 0 Å². The first-order valence-corrected chi connectivity index (χ1v) is 9.21. The third-order valence-corrected chi connectivity index (χ3v) is 4.84. The molecule has 4 rings (SSSR count). The van der Waals surface area contributed by atoms with Crippen molar-refractivity contribution in [3.63, 3.8) is 0 Å². The molecule has 138 valence electrons. The fourth-order valence-electron chi connectivity index (χ4n) is 3.44. The fourth-order valence-corrected chi connectivity index (χ4v) is 3.44. The van der Waals surface area contributed by atoms with Crippen LogP contribution in [0.3, 0.4) is 0 Å². The van der Waals surface area contributed by atoms with Gasteiger partial charge in [-0.05, 0) is 48.4 Å². The maximum absolute atomic E-state index is 13.2. The molecule has 0 radical (unpaired) electrons. The van der Waals surface area contributed by atoms with Gasteiger partial charge in [0.15, 0.2) is 0 Å². The number of hydrogen-bond acceptors (Lipinski definition) is 2. The Bertz CT molecular complexity index is 1150. The van der Waals surface area contributed by atoms with E-state index >= 15 is 0 Å². The van der Waals surface area contributed by atoms with Crippen LogP contribution >= 0.6 is 0 Å². The highest BCUT2D eigenvalue weighted by atomic mass is 16.5. The molecule has 0 amide bonds. The second-order valence-corrected chi connectivity index (χ2v) is 6.66. The molecule has 3 heteroatoms. The number of benzene rings is 3. The van der Waals surface area contributed by atoms with Gasteiger partial charge >= 0.3 is 0 Å². The zero-order valence-electron chi connectivity index (χ0n) is 15.9. The Morgan fingerprint density at radius 1 is 0.750 bits per heavy atom. The molecule has 4 aromatic rings. The molecule has 1 heterocycles. The minimum Gasteiger partial charge on any atom is -0.497 e. The molecule has 3 nitrogen and oxygen atoms in total. The van der Waals surface area contributed by atoms with Crippen LogP contribution in [0, 0.1) is 6.92 Å². The third kappa shape index (κ3) is 3.23. The first-order chi connectivity index (χ1) is 13.7. The van der Waals surface area contributed by atoms with Crippen LogP contribution < -0.4 is 10.3 Å². The van der Waals surface area contributed by atoms with Crippen LogP contribution in [0.1, 0.15) is 5.56 Å². The van der Waals surface area contributed by atoms with Gasteiger partial charge in [0.1, 0.15) is 5.75 Å². The van der Waals surface area contributed by atoms with E-state index in [4.69, 9.17) is 4.74 Å². The summed E-state index contributed by atoms with van der Waals surface area (Å²) in [4.78, 5) is 13.2. The molecular formula is C25H21NO2. The Kier molecular flexibility index (Phi) is 4.81. The van der Waals surface area contributed by atoms with Crippen molar-refractivity contribution in [2.45, 2.75) is 6.92 Å². The van der Waals surface area contributed by atoms with Gasteiger partial charge in [0, 0.05) is 16.8 Å². The van der Waals surface area contributed by atoms with Crippen LogP contribution in [0.4, 0.5) is 0 Å². The van der Waals surface area contributed by atoms with Gasteiger partial charge in [-0.2, -0.15) is 0 Å². The normalized spacial score (nSPS) is 10.6. The highest BCUT2D eigenvalue weighted by Crippen LogP contribution is 2.33. The largest absolute Gasteiger partial charge is 0.497 e. The van der Waals surface area contributed by atoms with Crippen molar-refractivity contribution in [3.05, 3.63) is 107 Å². The summed E-state index contributed by atoms with van der Waals surface area (Å²) in [5.74, 6) is 0.758. The van der Waals surface area contributed by atoms with E-state index in [1.54, 1.807) is 11.7 Å². The molecule has 0 aliphatic rings. The molecule has 0 spiro atoms. The average molecular weight is 367 g/mol. The molecule has 0 unspecified atom stereocenters. The molecule has 28 heavy (non-hydrogen) atoms. The van der Waals surface area contributed by atoms with Crippen LogP contribution in [0.25, 0.3) is 28.1 Å². The van der Waals surface area contributed by atoms with E-state index in [1.807, 2.05) is 85.8 Å². The lowest BCUT2D eigenvalue weighted by molar-refractivity contribution is 0.414. The maximum atomic E-state index is 13.2. The van der Waals surface area contributed by atoms with Crippen LogP contribution in [0.5, 0.6) is 5.75 Å². The summed E-state index contributed by atoms with van der Waals surface area (Å²) in [6.07, 6.45) is 0. The monoisotopic (exact) mass is 367 g/mol. The van der Waals surface area contributed by atoms with Crippen LogP contribution in [0.2, 0.25) is 0 Å². The van der Waals surface area contributed by atoms with E-state index in [1.165, 1.54) is 0 Å². The minimum absolute atomic E-state index is 0.0244. The fraction of sp³-hybridized carbons (Fsp3) is 0.0800. The van der Waals surface area contributed by atoms with E-state index in [9.17, 15) is 4.79 Å². The van der Waals surface area contributed by atoms with E-state index in [0.717, 1.165) is 33.8 Å². The highest BCUT2D eigenvalue weighted by molar-refractivity contribution is 5.82. The van der Waals surface area contributed by atoms with Crippen molar-refractivity contribution in [3.8, 4) is 33.8 Å². The third-order valence-electron chi connectivity index (χ3n) is 4.84. The first kappa shape index (κ1) is 17.8. The predicted molar refractivity (Wildman–Crippen MR) is 114 cm³/mol. The summed E-state index contributed by atoms with van der Waals surface area (Å²) in [7, 11) is 1.64. The van der Waals surface area contributed by atoms with Crippen molar-refractivity contribution in [2.75, 3.05) is 7.11 Å². The SMILES string of the molecule is COc1ccc(-n2c(-c3ccccc3)c(-c3ccccc3)cc(C)c2=O)cc1. The number of aromatic nitrogens is 1. The predicted octanol–water partition coefficient (Wildman–Crippen LogP) is 5.49. The lowest BCUT2D eigenvalue weighted by Crippen LogP contribution is -2.23. The van der Waals surface area contributed by atoms with Crippen LogP contribution in [0.15, 0.2) is 95.8 Å². The molecule has 0 bridgehead atoms. The number of aryl methyl sites for hydroxylation is 1. The van der Waals surface area contributed by atoms with E-state index < -0.39 is 0 Å². The van der Waals surface area contributed by atoms with Gasteiger partial charge in [-0.15, -0.1) is 0 Å². The molecular weight excluding hydrogens is 346 g/mol. The van der Waals surface area contributed by atoms with Gasteiger partial charge in [-0.1, -0.05) is 60.7 Å². The maximum Gasteiger partial charge on any atom is 0.258 e. The topological polar surface area (TPSA) is 31.2 Å². The van der Waals surface area contributed by atoms with Crippen molar-refractivity contribution in [1.29, 1.82) is 0 Å². The van der Waals surface area contributed by atoms with E-state index in [-0.39, 0.29) is 5.56 Å². The molecule has 3 aromatic carbocycles. The Balaban J connectivity index is 2.09. The Morgan fingerprint density at radius 3 is 1.89 bits per heavy atom. The second kappa shape index (κ2) is 7.57. The first-order valence-electron chi connectivity index (χ1n) is 9.21. The minimum atomic E-state index is -0.0244. The number of hydrogen-bond donors (Lipinski definition) is 0. The summed E-state index contributed by atoms with van der Waals surface area (Å²) < 4.78 is 7.08. The summed E-state index contributed by atoms with van der Waals surface area (Å²) in [6.45, 7) is 1.86. The average Bonchev–Trinajstić information content (AvgIpc) is 2.76. The Hall–Kier alpha value is -3.59. The lowest BCUT2D eigenvalue weighted by atomic mass is 9.97. The van der Waals surface area contributed by atoms with Gasteiger partial charge < -0.3 is 4.74 Å². The Labute approximate surface area is 164 Å². The van der Waals surface area contributed by atoms with Gasteiger partial charge in [0.05, 0.1) is 12.8 Å². The molecule has 0 atom stereocenters. The molecule has 0 aliphatic carbocycles. The standard InChI is InChI=1S/C25H21NO2/c1-18-17-23(19-9-5-3-6-10-19)24(20-11-7-4-8-12-20)26(25(18)27)21-13-15-22(28-2)16-14-21/h3-17H,1-2H3. The van der Waals surface area contributed by atoms with Crippen LogP contribution in [-0.2, 0) is 0 Å². The van der Waals surface area contributed by atoms with Crippen molar-refractivity contribution < 1.29 is 4.74 Å². The molecule has 0 saturated carbocycles. The smallest absolute Gasteiger partial charge is 0.258 e. The number of nitrogens with zero attached hydrogens (tertiary/aromatic N) is 1. The second-order valence-electron chi connectivity index (χ2n) is 6.66. The lowest BCUT2D eigenvalue weighted by Gasteiger charge is -2.19. The number of rotatable bonds is 4. The van der Waals surface area contributed by atoms with Crippen molar-refractivity contribution in [2.24, 2.45) is 0 Å². The summed E-state index contributed by atoms with van der Waals surface area (Å²) in [6, 6.07) is 29.8. The van der Waals surface area contributed by atoms with Crippen molar-refractivity contribution in [1.82, 2.24) is 4.57 Å². The van der Waals surface area contributed by atoms with Crippen molar-refractivity contribution >= 4 is 0 Å². The number of ether oxygens (including phenoxy) is 1. The molecule has 1 aromatic heterocycles. The van der Waals surface area contributed by atoms with Gasteiger partial charge in [0.25, 0.3) is 5.56 Å². The number of methoxy groups -OCH3 is 1. The van der Waals surface area contributed by atoms with Crippen LogP contribution in [-0.4, -0.2) is 11.7 Å². The zero-order valence-corrected chi connectivity index (χ0v) is 15.9. The van der Waals surface area contributed by atoms with Gasteiger partial charge in [-0.3, -0.25) is 9.36 Å². The zero-order chi connectivity index (χ0) is 19.5. The summed E-state index contributed by atoms with van der Waals surface area (Å²) in [5.41, 5.74) is 5.47.